The van der Waals surface area contributed by atoms with Gasteiger partial charge in [0.25, 0.3) is 0 Å². The van der Waals surface area contributed by atoms with E-state index in [-0.39, 0.29) is 0 Å². The molecule has 0 amide bonds. The lowest BCUT2D eigenvalue weighted by Gasteiger charge is -2.39. The zero-order chi connectivity index (χ0) is 42.2. The highest BCUT2D eigenvalue weighted by Crippen LogP contribution is 2.63. The average Bonchev–Trinajstić information content (AvgIpc) is 3.65. The van der Waals surface area contributed by atoms with Crippen LogP contribution in [0, 0.1) is 0 Å². The van der Waals surface area contributed by atoms with Crippen molar-refractivity contribution in [2.45, 2.75) is 15.2 Å². The summed E-state index contributed by atoms with van der Waals surface area (Å²) in [5, 5.41) is 3.42. The monoisotopic (exact) mass is 832 g/mol. The maximum atomic E-state index is 5.48. The largest absolute Gasteiger partial charge is 0.247 e. The number of benzene rings is 9. The normalized spacial score (nSPS) is 13.1. The molecule has 1 spiro atoms. The van der Waals surface area contributed by atoms with Crippen molar-refractivity contribution in [3.05, 3.63) is 241 Å². The molecule has 1 aliphatic carbocycles. The lowest BCUT2D eigenvalue weighted by molar-refractivity contribution is 0.723. The number of hydrogen-bond donors (Lipinski definition) is 0. The Kier molecular flexibility index (Phi) is 8.33. The number of aromatic nitrogens is 4. The highest BCUT2D eigenvalue weighted by molar-refractivity contribution is 7.99. The number of hydrogen-bond acceptors (Lipinski definition) is 5. The van der Waals surface area contributed by atoms with Crippen LogP contribution in [0.2, 0.25) is 0 Å². The molecule has 0 fully saturated rings. The minimum atomic E-state index is -0.491. The van der Waals surface area contributed by atoms with E-state index in [0.29, 0.717) is 17.5 Å². The molecule has 0 unspecified atom stereocenters. The second kappa shape index (κ2) is 14.6. The van der Waals surface area contributed by atoms with Crippen LogP contribution < -0.4 is 0 Å². The van der Waals surface area contributed by atoms with Crippen LogP contribution in [-0.4, -0.2) is 19.9 Å². The zero-order valence-corrected chi connectivity index (χ0v) is 35.3. The van der Waals surface area contributed by atoms with E-state index < -0.39 is 5.41 Å². The van der Waals surface area contributed by atoms with Gasteiger partial charge in [-0.2, -0.15) is 0 Å². The fourth-order valence-electron chi connectivity index (χ4n) is 10.1. The maximum Gasteiger partial charge on any atom is 0.164 e. The van der Waals surface area contributed by atoms with Crippen LogP contribution in [0.4, 0.5) is 0 Å². The molecule has 4 nitrogen and oxygen atoms in total. The third kappa shape index (κ3) is 5.64. The minimum absolute atomic E-state index is 0.491. The van der Waals surface area contributed by atoms with Crippen molar-refractivity contribution in [3.63, 3.8) is 0 Å². The molecule has 11 aromatic rings. The smallest absolute Gasteiger partial charge is 0.164 e. The van der Waals surface area contributed by atoms with E-state index in [4.69, 9.17) is 19.9 Å². The number of rotatable bonds is 5. The van der Waals surface area contributed by atoms with Crippen molar-refractivity contribution in [1.82, 2.24) is 19.9 Å². The summed E-state index contributed by atoms with van der Waals surface area (Å²) in [4.78, 5) is 23.1. The third-order valence-electron chi connectivity index (χ3n) is 13.0. The quantitative estimate of drug-likeness (QED) is 0.162. The van der Waals surface area contributed by atoms with Gasteiger partial charge in [-0.1, -0.05) is 188 Å². The third-order valence-corrected chi connectivity index (χ3v) is 14.1. The fourth-order valence-corrected chi connectivity index (χ4v) is 11.3. The molecule has 0 atom stereocenters. The van der Waals surface area contributed by atoms with E-state index in [1.165, 1.54) is 48.6 Å². The highest BCUT2D eigenvalue weighted by atomic mass is 32.2. The number of fused-ring (bicyclic) bond motifs is 12. The molecule has 0 N–H and O–H groups in total. The first-order valence-electron chi connectivity index (χ1n) is 21.6. The van der Waals surface area contributed by atoms with Crippen molar-refractivity contribution >= 4 is 33.4 Å². The second-order valence-electron chi connectivity index (χ2n) is 16.5. The van der Waals surface area contributed by atoms with Crippen LogP contribution in [0.5, 0.6) is 0 Å². The molecule has 298 valence electrons. The van der Waals surface area contributed by atoms with Crippen LogP contribution in [-0.2, 0) is 5.41 Å². The second-order valence-corrected chi connectivity index (χ2v) is 17.6. The SMILES string of the molecule is c1ccc(-c2nc(-c3ccccc3)nc(-c3cccc(-c4ccc5nc(-c6ccccc6)c6cc7c(cc6c5c4)C4(c5ccccc5Sc5ccccc54)c4ccccc4-7)c3)n2)cc1. The number of pyridine rings is 1. The van der Waals surface area contributed by atoms with E-state index in [0.717, 1.165) is 55.4 Å². The first kappa shape index (κ1) is 36.6. The zero-order valence-electron chi connectivity index (χ0n) is 34.5. The van der Waals surface area contributed by atoms with Crippen molar-refractivity contribution in [2.24, 2.45) is 0 Å². The van der Waals surface area contributed by atoms with Gasteiger partial charge in [0, 0.05) is 42.8 Å². The van der Waals surface area contributed by atoms with Crippen LogP contribution >= 0.6 is 11.8 Å². The Morgan fingerprint density at radius 3 is 1.47 bits per heavy atom. The molecule has 0 radical (unpaired) electrons. The Balaban J connectivity index is 1.04. The van der Waals surface area contributed by atoms with E-state index in [1.54, 1.807) is 0 Å². The van der Waals surface area contributed by atoms with E-state index >= 15 is 0 Å². The van der Waals surface area contributed by atoms with E-state index in [2.05, 4.69) is 158 Å². The summed E-state index contributed by atoms with van der Waals surface area (Å²) in [5.74, 6) is 1.91. The van der Waals surface area contributed by atoms with Gasteiger partial charge in [-0.15, -0.1) is 0 Å². The van der Waals surface area contributed by atoms with Gasteiger partial charge in [0.1, 0.15) is 0 Å². The summed E-state index contributed by atoms with van der Waals surface area (Å²) in [6, 6.07) is 78.1. The van der Waals surface area contributed by atoms with E-state index in [9.17, 15) is 0 Å². The van der Waals surface area contributed by atoms with Crippen molar-refractivity contribution < 1.29 is 0 Å². The molecule has 2 aliphatic rings. The fraction of sp³-hybridized carbons (Fsp3) is 0.0169. The Labute approximate surface area is 375 Å². The van der Waals surface area contributed by atoms with Crippen LogP contribution in [0.15, 0.2) is 228 Å². The van der Waals surface area contributed by atoms with Gasteiger partial charge in [0.05, 0.1) is 16.6 Å². The van der Waals surface area contributed by atoms with Gasteiger partial charge in [0.15, 0.2) is 17.5 Å². The molecule has 0 saturated heterocycles. The molecule has 1 aliphatic heterocycles. The van der Waals surface area contributed by atoms with Gasteiger partial charge in [-0.3, -0.25) is 0 Å². The summed E-state index contributed by atoms with van der Waals surface area (Å²) in [6.45, 7) is 0. The van der Waals surface area contributed by atoms with Crippen molar-refractivity contribution in [1.29, 1.82) is 0 Å². The Morgan fingerprint density at radius 1 is 0.297 bits per heavy atom. The van der Waals surface area contributed by atoms with E-state index in [1.807, 2.05) is 72.4 Å². The molecule has 0 saturated carbocycles. The molecule has 9 aromatic carbocycles. The van der Waals surface area contributed by atoms with Gasteiger partial charge in [-0.05, 0) is 92.4 Å². The van der Waals surface area contributed by atoms with Crippen LogP contribution in [0.1, 0.15) is 22.3 Å². The summed E-state index contributed by atoms with van der Waals surface area (Å²) in [7, 11) is 0. The lowest BCUT2D eigenvalue weighted by atomic mass is 9.67. The molecular formula is C59H36N4S. The Hall–Kier alpha value is -7.99. The predicted octanol–water partition coefficient (Wildman–Crippen LogP) is 14.7. The topological polar surface area (TPSA) is 51.6 Å². The summed E-state index contributed by atoms with van der Waals surface area (Å²) in [6.07, 6.45) is 0. The Morgan fingerprint density at radius 2 is 0.812 bits per heavy atom. The molecular weight excluding hydrogens is 797 g/mol. The molecule has 5 heteroatoms. The molecule has 64 heavy (non-hydrogen) atoms. The van der Waals surface area contributed by atoms with Gasteiger partial charge in [-0.25, -0.2) is 19.9 Å². The van der Waals surface area contributed by atoms with Gasteiger partial charge >= 0.3 is 0 Å². The summed E-state index contributed by atoms with van der Waals surface area (Å²) < 4.78 is 0. The average molecular weight is 833 g/mol. The minimum Gasteiger partial charge on any atom is -0.247 e. The maximum absolute atomic E-state index is 5.48. The molecule has 2 aromatic heterocycles. The molecule has 3 heterocycles. The first-order valence-corrected chi connectivity index (χ1v) is 22.4. The lowest BCUT2D eigenvalue weighted by Crippen LogP contribution is -2.31. The Bertz CT molecular complexity index is 3540. The van der Waals surface area contributed by atoms with Crippen molar-refractivity contribution in [3.8, 4) is 67.7 Å². The van der Waals surface area contributed by atoms with Gasteiger partial charge in [0.2, 0.25) is 0 Å². The summed E-state index contributed by atoms with van der Waals surface area (Å²) in [5.41, 5.74) is 15.3. The molecule has 0 bridgehead atoms. The van der Waals surface area contributed by atoms with Crippen LogP contribution in [0.25, 0.3) is 89.4 Å². The van der Waals surface area contributed by atoms with Crippen LogP contribution in [0.3, 0.4) is 0 Å². The highest BCUT2D eigenvalue weighted by Gasteiger charge is 2.50. The summed E-state index contributed by atoms with van der Waals surface area (Å²) >= 11 is 1.87. The molecule has 13 rings (SSSR count). The standard InChI is InChI=1S/C59H36N4S/c1-4-17-37(18-5-1)55-47-35-45-43-25-10-11-26-48(43)59(49-27-12-14-29-53(49)64-54-30-15-13-28-50(54)59)51(45)36-44(47)46-34-41(31-32-52(46)60-55)40-23-16-24-42(33-40)58-62-56(38-19-6-2-7-20-38)61-57(63-58)39-21-8-3-9-22-39/h1-36H. The van der Waals surface area contributed by atoms with Gasteiger partial charge < -0.3 is 0 Å². The number of nitrogens with zero attached hydrogens (tertiary/aromatic N) is 4. The predicted molar refractivity (Wildman–Crippen MR) is 261 cm³/mol. The van der Waals surface area contributed by atoms with Crippen molar-refractivity contribution in [2.75, 3.05) is 0 Å². The first-order chi connectivity index (χ1) is 31.7.